The number of aromatic nitrogens is 2. The molecule has 0 unspecified atom stereocenters. The molecule has 5 rings (SSSR count). The molecule has 1 amide bonds. The van der Waals surface area contributed by atoms with Gasteiger partial charge in [-0.3, -0.25) is 9.78 Å². The number of benzene rings is 1. The minimum Gasteiger partial charge on any atom is -0.454 e. The first-order chi connectivity index (χ1) is 13.8. The summed E-state index contributed by atoms with van der Waals surface area (Å²) in [5.41, 5.74) is 2.59. The Morgan fingerprint density at radius 1 is 1.14 bits per heavy atom. The van der Waals surface area contributed by atoms with Gasteiger partial charge in [-0.1, -0.05) is 6.07 Å². The van der Waals surface area contributed by atoms with Crippen LogP contribution in [-0.2, 0) is 25.8 Å². The van der Waals surface area contributed by atoms with Crippen molar-refractivity contribution in [1.82, 2.24) is 14.9 Å². The lowest BCUT2D eigenvalue weighted by atomic mass is 10.1. The van der Waals surface area contributed by atoms with E-state index in [4.69, 9.17) is 13.9 Å². The van der Waals surface area contributed by atoms with Crippen LogP contribution in [0.15, 0.2) is 47.1 Å². The molecule has 0 atom stereocenters. The monoisotopic (exact) mass is 377 g/mol. The van der Waals surface area contributed by atoms with Gasteiger partial charge in [-0.25, -0.2) is 4.98 Å². The SMILES string of the molecule is O=C(c1ccc2c(c1)OCO2)N1CCc2oc(CCc3cccnc3)nc2C1. The summed E-state index contributed by atoms with van der Waals surface area (Å²) in [4.78, 5) is 23.4. The van der Waals surface area contributed by atoms with Crippen LogP contribution in [0.1, 0.15) is 33.3 Å². The minimum atomic E-state index is -0.0381. The van der Waals surface area contributed by atoms with Crippen molar-refractivity contribution in [1.29, 1.82) is 0 Å². The first kappa shape index (κ1) is 16.8. The number of rotatable bonds is 4. The van der Waals surface area contributed by atoms with Gasteiger partial charge < -0.3 is 18.8 Å². The number of nitrogens with zero attached hydrogens (tertiary/aromatic N) is 3. The second kappa shape index (κ2) is 6.99. The maximum atomic E-state index is 12.9. The molecule has 0 spiro atoms. The normalized spacial score (nSPS) is 14.8. The molecule has 142 valence electrons. The van der Waals surface area contributed by atoms with E-state index in [2.05, 4.69) is 9.97 Å². The van der Waals surface area contributed by atoms with Gasteiger partial charge in [0.2, 0.25) is 6.79 Å². The topological polar surface area (TPSA) is 77.7 Å². The van der Waals surface area contributed by atoms with E-state index < -0.39 is 0 Å². The van der Waals surface area contributed by atoms with Crippen molar-refractivity contribution < 1.29 is 18.7 Å². The Hall–Kier alpha value is -3.35. The number of aryl methyl sites for hydroxylation is 2. The van der Waals surface area contributed by atoms with Crippen LogP contribution in [0.5, 0.6) is 11.5 Å². The summed E-state index contributed by atoms with van der Waals surface area (Å²) in [5.74, 6) is 2.85. The standard InChI is InChI=1S/C21H19N3O4/c25-21(15-4-5-18-19(10-15)27-13-26-18)24-9-7-17-16(12-24)23-20(28-17)6-3-14-2-1-8-22-11-14/h1-2,4-5,8,10-11H,3,6-7,9,12-13H2. The summed E-state index contributed by atoms with van der Waals surface area (Å²) < 4.78 is 16.6. The van der Waals surface area contributed by atoms with Crippen molar-refractivity contribution in [3.63, 3.8) is 0 Å². The molecule has 7 heteroatoms. The number of fused-ring (bicyclic) bond motifs is 2. The number of carbonyl (C=O) groups excluding carboxylic acids is 1. The van der Waals surface area contributed by atoms with Gasteiger partial charge in [0, 0.05) is 37.3 Å². The molecule has 0 radical (unpaired) electrons. The minimum absolute atomic E-state index is 0.0381. The summed E-state index contributed by atoms with van der Waals surface area (Å²) in [7, 11) is 0. The number of carbonyl (C=O) groups is 1. The fraction of sp³-hybridized carbons (Fsp3) is 0.286. The van der Waals surface area contributed by atoms with Gasteiger partial charge in [0.25, 0.3) is 5.91 Å². The van der Waals surface area contributed by atoms with Crippen LogP contribution in [0.4, 0.5) is 0 Å². The van der Waals surface area contributed by atoms with Gasteiger partial charge >= 0.3 is 0 Å². The molecule has 0 aliphatic carbocycles. The van der Waals surface area contributed by atoms with E-state index in [1.807, 2.05) is 18.3 Å². The molecule has 0 bridgehead atoms. The molecule has 0 fully saturated rings. The van der Waals surface area contributed by atoms with Crippen LogP contribution in [0.3, 0.4) is 0 Å². The summed E-state index contributed by atoms with van der Waals surface area (Å²) in [6.07, 6.45) is 5.83. The summed E-state index contributed by atoms with van der Waals surface area (Å²) in [6, 6.07) is 9.25. The second-order valence-electron chi connectivity index (χ2n) is 6.88. The largest absolute Gasteiger partial charge is 0.454 e. The Labute approximate surface area is 161 Å². The zero-order valence-corrected chi connectivity index (χ0v) is 15.3. The zero-order valence-electron chi connectivity index (χ0n) is 15.3. The highest BCUT2D eigenvalue weighted by Crippen LogP contribution is 2.33. The van der Waals surface area contributed by atoms with E-state index in [0.717, 1.165) is 29.9 Å². The number of ether oxygens (including phenoxy) is 2. The smallest absolute Gasteiger partial charge is 0.254 e. The van der Waals surface area contributed by atoms with Crippen molar-refractivity contribution in [2.75, 3.05) is 13.3 Å². The van der Waals surface area contributed by atoms with Crippen molar-refractivity contribution in [2.24, 2.45) is 0 Å². The van der Waals surface area contributed by atoms with Crippen molar-refractivity contribution in [2.45, 2.75) is 25.8 Å². The molecule has 7 nitrogen and oxygen atoms in total. The fourth-order valence-electron chi connectivity index (χ4n) is 3.54. The molecule has 0 N–H and O–H groups in total. The Morgan fingerprint density at radius 2 is 2.07 bits per heavy atom. The van der Waals surface area contributed by atoms with E-state index in [0.29, 0.717) is 42.5 Å². The molecule has 2 aliphatic rings. The van der Waals surface area contributed by atoms with Crippen LogP contribution in [0, 0.1) is 0 Å². The van der Waals surface area contributed by atoms with Gasteiger partial charge in [-0.2, -0.15) is 0 Å². The number of hydrogen-bond donors (Lipinski definition) is 0. The third kappa shape index (κ3) is 3.19. The van der Waals surface area contributed by atoms with Crippen LogP contribution < -0.4 is 9.47 Å². The first-order valence-electron chi connectivity index (χ1n) is 9.31. The second-order valence-corrected chi connectivity index (χ2v) is 6.88. The predicted octanol–water partition coefficient (Wildman–Crippen LogP) is 2.78. The van der Waals surface area contributed by atoms with Crippen LogP contribution in [0.2, 0.25) is 0 Å². The maximum absolute atomic E-state index is 12.9. The highest BCUT2D eigenvalue weighted by molar-refractivity contribution is 5.95. The molecule has 28 heavy (non-hydrogen) atoms. The van der Waals surface area contributed by atoms with Gasteiger partial charge in [0.05, 0.1) is 6.54 Å². The average molecular weight is 377 g/mol. The lowest BCUT2D eigenvalue weighted by Crippen LogP contribution is -2.35. The number of oxazole rings is 1. The molecule has 1 aromatic carbocycles. The van der Waals surface area contributed by atoms with E-state index in [9.17, 15) is 4.79 Å². The van der Waals surface area contributed by atoms with Crippen LogP contribution in [-0.4, -0.2) is 34.1 Å². The van der Waals surface area contributed by atoms with Gasteiger partial charge in [-0.05, 0) is 36.2 Å². The number of hydrogen-bond acceptors (Lipinski definition) is 6. The van der Waals surface area contributed by atoms with Gasteiger partial charge in [-0.15, -0.1) is 0 Å². The Kier molecular flexibility index (Phi) is 4.20. The zero-order chi connectivity index (χ0) is 18.9. The lowest BCUT2D eigenvalue weighted by Gasteiger charge is -2.25. The maximum Gasteiger partial charge on any atom is 0.254 e. The number of amides is 1. The molecule has 2 aromatic heterocycles. The predicted molar refractivity (Wildman–Crippen MR) is 99.2 cm³/mol. The van der Waals surface area contributed by atoms with E-state index in [1.54, 1.807) is 29.3 Å². The first-order valence-corrected chi connectivity index (χ1v) is 9.31. The molecular weight excluding hydrogens is 358 g/mol. The van der Waals surface area contributed by atoms with Crippen molar-refractivity contribution in [3.8, 4) is 11.5 Å². The molecule has 4 heterocycles. The summed E-state index contributed by atoms with van der Waals surface area (Å²) >= 11 is 0. The van der Waals surface area contributed by atoms with E-state index >= 15 is 0 Å². The third-order valence-corrected chi connectivity index (χ3v) is 5.03. The molecule has 0 saturated heterocycles. The van der Waals surface area contributed by atoms with Crippen LogP contribution in [0.25, 0.3) is 0 Å². The Balaban J connectivity index is 1.27. The summed E-state index contributed by atoms with van der Waals surface area (Å²) in [5, 5.41) is 0. The highest BCUT2D eigenvalue weighted by atomic mass is 16.7. The van der Waals surface area contributed by atoms with E-state index in [1.165, 1.54) is 0 Å². The fourth-order valence-corrected chi connectivity index (χ4v) is 3.54. The molecule has 0 saturated carbocycles. The van der Waals surface area contributed by atoms with Crippen molar-refractivity contribution >= 4 is 5.91 Å². The molecule has 3 aromatic rings. The van der Waals surface area contributed by atoms with Gasteiger partial charge in [0.1, 0.15) is 11.5 Å². The Morgan fingerprint density at radius 3 is 2.96 bits per heavy atom. The van der Waals surface area contributed by atoms with Crippen LogP contribution >= 0.6 is 0 Å². The quantitative estimate of drug-likeness (QED) is 0.696. The Bertz CT molecular complexity index is 1020. The number of pyridine rings is 1. The van der Waals surface area contributed by atoms with Crippen molar-refractivity contribution in [3.05, 3.63) is 71.2 Å². The third-order valence-electron chi connectivity index (χ3n) is 5.03. The van der Waals surface area contributed by atoms with E-state index in [-0.39, 0.29) is 12.7 Å². The molecule has 2 aliphatic heterocycles. The average Bonchev–Trinajstić information content (AvgIpc) is 3.37. The molecular formula is C21H19N3O4. The van der Waals surface area contributed by atoms with Gasteiger partial charge in [0.15, 0.2) is 17.4 Å². The lowest BCUT2D eigenvalue weighted by molar-refractivity contribution is 0.0727. The summed E-state index contributed by atoms with van der Waals surface area (Å²) in [6.45, 7) is 1.26. The highest BCUT2D eigenvalue weighted by Gasteiger charge is 2.27.